The SMILES string of the molecule is CCCCCCCCCCCCCCCCCCc1ccc(OP(Oc2ccc(CCCCCCCCCCCCCCCCCC)c(O)c2CCCCCCCCCCCCCCCCCC)Oc2ccc(CCCCCCCCCCCCCCCCCC)c(O)c2CCCCCCCCCCCCCCCCCC)c(CCCCCCCCCCCCCCCCCC)c1O. The Labute approximate surface area is 832 Å². The van der Waals surface area contributed by atoms with E-state index >= 15 is 0 Å². The molecule has 0 heterocycles. The Morgan fingerprint density at radius 3 is 0.368 bits per heavy atom. The molecule has 3 N–H and O–H groups in total. The number of hydrogen-bond donors (Lipinski definition) is 3. The summed E-state index contributed by atoms with van der Waals surface area (Å²) in [5, 5.41) is 38.6. The minimum absolute atomic E-state index is 0.384. The Morgan fingerprint density at radius 2 is 0.248 bits per heavy atom. The second-order valence-corrected chi connectivity index (χ2v) is 44.0. The van der Waals surface area contributed by atoms with E-state index in [-0.39, 0.29) is 0 Å². The van der Waals surface area contributed by atoms with Gasteiger partial charge in [0.05, 0.1) is 0 Å². The smallest absolute Gasteiger partial charge is 0.507 e. The Balaban J connectivity index is 2.04. The molecule has 0 atom stereocenters. The summed E-state index contributed by atoms with van der Waals surface area (Å²) in [4.78, 5) is 0. The molecule has 0 bridgehead atoms. The van der Waals surface area contributed by atoms with Gasteiger partial charge >= 0.3 is 8.60 Å². The number of phenolic OH excluding ortho intramolecular Hbond substituents is 3. The number of aryl methyl sites for hydroxylation is 3. The maximum atomic E-state index is 12.9. The Kier molecular flexibility index (Phi) is 91.1. The van der Waals surface area contributed by atoms with Crippen molar-refractivity contribution < 1.29 is 28.9 Å². The van der Waals surface area contributed by atoms with Gasteiger partial charge in [0.1, 0.15) is 34.5 Å². The zero-order valence-electron chi connectivity index (χ0n) is 90.6. The predicted molar refractivity (Wildman–Crippen MR) is 593 cm³/mol. The summed E-state index contributed by atoms with van der Waals surface area (Å²) in [6, 6.07) is 12.8. The van der Waals surface area contributed by atoms with Crippen molar-refractivity contribution >= 4 is 8.60 Å². The summed E-state index contributed by atoms with van der Waals surface area (Å²) >= 11 is 0. The van der Waals surface area contributed by atoms with Gasteiger partial charge in [-0.2, -0.15) is 0 Å². The van der Waals surface area contributed by atoms with Crippen molar-refractivity contribution in [2.75, 3.05) is 0 Å². The van der Waals surface area contributed by atoms with Crippen molar-refractivity contribution in [1.82, 2.24) is 0 Å². The summed E-state index contributed by atoms with van der Waals surface area (Å²) in [5.74, 6) is 3.05. The van der Waals surface area contributed by atoms with Crippen LogP contribution < -0.4 is 13.6 Å². The van der Waals surface area contributed by atoms with E-state index in [4.69, 9.17) is 13.6 Å². The second kappa shape index (κ2) is 97.7. The molecule has 0 aliphatic carbocycles. The van der Waals surface area contributed by atoms with Gasteiger partial charge in [-0.05, 0) is 112 Å². The van der Waals surface area contributed by atoms with Gasteiger partial charge in [-0.15, -0.1) is 0 Å². The molecule has 0 saturated heterocycles. The van der Waals surface area contributed by atoms with E-state index in [0.29, 0.717) is 53.8 Å². The third-order valence-corrected chi connectivity index (χ3v) is 31.3. The molecule has 133 heavy (non-hydrogen) atoms. The standard InChI is InChI=1S/C126H231O6P/c1-7-13-19-25-31-37-43-49-55-61-67-73-79-85-91-97-103-115-109-112-121(118(124(115)127)106-100-94-88-82-76-70-64-58-52-46-40-34-28-22-16-10-4)130-133(131-122-113-110-116(104-98-92-86-80-74-68-62-56-50-44-38-32-26-20-14-8-2)125(128)119(122)107-101-95-89-83-77-71-65-59-53-47-41-35-29-23-17-11-5)132-123-114-111-117(105-99-93-87-81-75-69-63-57-51-45-39-33-27-21-15-9-3)126(129)120(123)108-102-96-90-84-78-72-66-60-54-48-42-36-30-24-18-12-6/h109-114,127-129H,7-108H2,1-6H3. The fourth-order valence-corrected chi connectivity index (χ4v) is 22.1. The highest BCUT2D eigenvalue weighted by atomic mass is 31.2. The Morgan fingerprint density at radius 1 is 0.143 bits per heavy atom. The fourth-order valence-electron chi connectivity index (χ4n) is 21.0. The van der Waals surface area contributed by atoms with Crippen LogP contribution in [0, 0.1) is 0 Å². The van der Waals surface area contributed by atoms with Gasteiger partial charge in [0.2, 0.25) is 0 Å². The van der Waals surface area contributed by atoms with Gasteiger partial charge in [-0.25, -0.2) is 0 Å². The highest BCUT2D eigenvalue weighted by molar-refractivity contribution is 7.43. The van der Waals surface area contributed by atoms with Gasteiger partial charge < -0.3 is 28.9 Å². The molecule has 7 heteroatoms. The van der Waals surface area contributed by atoms with E-state index in [9.17, 15) is 15.3 Å². The lowest BCUT2D eigenvalue weighted by atomic mass is 9.97. The zero-order chi connectivity index (χ0) is 95.0. The molecule has 3 aromatic carbocycles. The van der Waals surface area contributed by atoms with Crippen molar-refractivity contribution in [3.05, 3.63) is 69.8 Å². The Hall–Kier alpha value is -3.11. The molecule has 0 radical (unpaired) electrons. The number of hydrogen-bond acceptors (Lipinski definition) is 6. The third kappa shape index (κ3) is 73.6. The summed E-state index contributed by atoms with van der Waals surface area (Å²) in [5.41, 5.74) is 5.67. The monoisotopic (exact) mass is 1870 g/mol. The number of rotatable bonds is 108. The van der Waals surface area contributed by atoms with Crippen LogP contribution in [0.15, 0.2) is 36.4 Å². The highest BCUT2D eigenvalue weighted by Gasteiger charge is 2.29. The molecule has 0 aliphatic rings. The molecule has 0 aromatic heterocycles. The lowest BCUT2D eigenvalue weighted by Crippen LogP contribution is -2.08. The van der Waals surface area contributed by atoms with Crippen LogP contribution in [0.5, 0.6) is 34.5 Å². The predicted octanol–water partition coefficient (Wildman–Crippen LogP) is 45.4. The molecule has 0 spiro atoms. The molecule has 3 aromatic rings. The van der Waals surface area contributed by atoms with Crippen molar-refractivity contribution in [3.63, 3.8) is 0 Å². The summed E-state index contributed by atoms with van der Waals surface area (Å²) in [6.45, 7) is 13.9. The fraction of sp³-hybridized carbons (Fsp3) is 0.857. The first kappa shape index (κ1) is 124. The van der Waals surface area contributed by atoms with Crippen molar-refractivity contribution in [3.8, 4) is 34.5 Å². The van der Waals surface area contributed by atoms with Crippen LogP contribution in [0.1, 0.15) is 691 Å². The van der Waals surface area contributed by atoms with Crippen LogP contribution in [0.2, 0.25) is 0 Å². The average Bonchev–Trinajstić information content (AvgIpc) is 0.796. The molecule has 6 nitrogen and oxygen atoms in total. The maximum Gasteiger partial charge on any atom is 0.530 e. The molecule has 0 saturated carbocycles. The van der Waals surface area contributed by atoms with Crippen LogP contribution in [0.25, 0.3) is 0 Å². The normalized spacial score (nSPS) is 11.8. The maximum absolute atomic E-state index is 12.9. The van der Waals surface area contributed by atoms with E-state index in [1.807, 2.05) is 0 Å². The van der Waals surface area contributed by atoms with Gasteiger partial charge in [-0.1, -0.05) is 638 Å². The van der Waals surface area contributed by atoms with Gasteiger partial charge in [0.15, 0.2) is 0 Å². The molecular formula is C126H231O6P. The molecule has 0 amide bonds. The minimum atomic E-state index is -2.25. The summed E-state index contributed by atoms with van der Waals surface area (Å²) < 4.78 is 22.3. The molecule has 0 aliphatic heterocycles. The van der Waals surface area contributed by atoms with Gasteiger partial charge in [-0.3, -0.25) is 0 Å². The van der Waals surface area contributed by atoms with E-state index < -0.39 is 8.60 Å². The number of benzene rings is 3. The van der Waals surface area contributed by atoms with E-state index in [2.05, 4.69) is 77.9 Å². The lowest BCUT2D eigenvalue weighted by molar-refractivity contribution is 0.373. The summed E-state index contributed by atoms with van der Waals surface area (Å²) in [6.07, 6.45) is 132. The molecule has 776 valence electrons. The first-order valence-corrected chi connectivity index (χ1v) is 62.3. The number of unbranched alkanes of at least 4 members (excludes halogenated alkanes) is 90. The van der Waals surface area contributed by atoms with Crippen LogP contribution in [0.4, 0.5) is 0 Å². The topological polar surface area (TPSA) is 88.4 Å². The lowest BCUT2D eigenvalue weighted by Gasteiger charge is -2.24. The second-order valence-electron chi connectivity index (χ2n) is 43.0. The van der Waals surface area contributed by atoms with E-state index in [0.717, 1.165) is 110 Å². The van der Waals surface area contributed by atoms with Crippen LogP contribution >= 0.6 is 8.60 Å². The first-order chi connectivity index (χ1) is 65.8. The molecular weight excluding hydrogens is 1640 g/mol. The first-order valence-electron chi connectivity index (χ1n) is 61.2. The van der Waals surface area contributed by atoms with Crippen molar-refractivity contribution in [1.29, 1.82) is 0 Å². The van der Waals surface area contributed by atoms with Gasteiger partial charge in [0.25, 0.3) is 0 Å². The highest BCUT2D eigenvalue weighted by Crippen LogP contribution is 2.50. The minimum Gasteiger partial charge on any atom is -0.507 e. The number of aromatic hydroxyl groups is 3. The van der Waals surface area contributed by atoms with E-state index in [1.54, 1.807) is 0 Å². The van der Waals surface area contributed by atoms with Gasteiger partial charge in [0, 0.05) is 16.7 Å². The quantitative estimate of drug-likeness (QED) is 0.0386. The molecule has 0 fully saturated rings. The largest absolute Gasteiger partial charge is 0.530 e. The van der Waals surface area contributed by atoms with Crippen LogP contribution in [-0.4, -0.2) is 15.3 Å². The zero-order valence-corrected chi connectivity index (χ0v) is 91.5. The third-order valence-electron chi connectivity index (χ3n) is 30.2. The summed E-state index contributed by atoms with van der Waals surface area (Å²) in [7, 11) is -2.25. The van der Waals surface area contributed by atoms with Crippen molar-refractivity contribution in [2.24, 2.45) is 0 Å². The number of phenols is 3. The molecule has 0 unspecified atom stereocenters. The van der Waals surface area contributed by atoms with E-state index in [1.165, 1.54) is 559 Å². The molecule has 3 rings (SSSR count). The van der Waals surface area contributed by atoms with Crippen LogP contribution in [0.3, 0.4) is 0 Å². The average molecular weight is 1870 g/mol. The van der Waals surface area contributed by atoms with Crippen LogP contribution in [-0.2, 0) is 38.5 Å². The Bertz CT molecular complexity index is 2580. The van der Waals surface area contributed by atoms with Crippen molar-refractivity contribution in [2.45, 2.75) is 696 Å².